The summed E-state index contributed by atoms with van der Waals surface area (Å²) in [5.74, 6) is -0.443. The van der Waals surface area contributed by atoms with Crippen molar-refractivity contribution in [3.63, 3.8) is 0 Å². The zero-order valence-electron chi connectivity index (χ0n) is 13.4. The van der Waals surface area contributed by atoms with Crippen LogP contribution in [-0.2, 0) is 11.2 Å². The van der Waals surface area contributed by atoms with Crippen LogP contribution in [0.5, 0.6) is 0 Å². The first kappa shape index (κ1) is 16.2. The first-order chi connectivity index (χ1) is 11.6. The van der Waals surface area contributed by atoms with E-state index in [2.05, 4.69) is 17.4 Å². The maximum atomic E-state index is 12.5. The fourth-order valence-corrected chi connectivity index (χ4v) is 3.20. The molecule has 0 heterocycles. The summed E-state index contributed by atoms with van der Waals surface area (Å²) in [7, 11) is 0. The predicted octanol–water partition coefficient (Wildman–Crippen LogP) is 3.38. The number of carbonyl (C=O) groups is 2. The van der Waals surface area contributed by atoms with Gasteiger partial charge in [-0.2, -0.15) is 0 Å². The van der Waals surface area contributed by atoms with E-state index in [1.807, 2.05) is 36.4 Å². The molecule has 4 heteroatoms. The van der Waals surface area contributed by atoms with Crippen LogP contribution in [0.15, 0.2) is 54.6 Å². The highest BCUT2D eigenvalue weighted by atomic mass is 16.4. The molecule has 1 aliphatic carbocycles. The summed E-state index contributed by atoms with van der Waals surface area (Å²) in [6, 6.07) is 17.8. The van der Waals surface area contributed by atoms with Crippen molar-refractivity contribution in [2.75, 3.05) is 0 Å². The molecule has 0 bridgehead atoms. The van der Waals surface area contributed by atoms with Gasteiger partial charge in [-0.3, -0.25) is 9.59 Å². The number of nitrogens with one attached hydrogen (secondary N) is 1. The highest BCUT2D eigenvalue weighted by Crippen LogP contribution is 2.36. The first-order valence-electron chi connectivity index (χ1n) is 8.29. The van der Waals surface area contributed by atoms with Crippen molar-refractivity contribution in [1.82, 2.24) is 5.32 Å². The van der Waals surface area contributed by atoms with Gasteiger partial charge in [-0.05, 0) is 42.4 Å². The monoisotopic (exact) mass is 323 g/mol. The minimum atomic E-state index is -0.852. The van der Waals surface area contributed by atoms with E-state index in [0.29, 0.717) is 17.9 Å². The Morgan fingerprint density at radius 1 is 1.00 bits per heavy atom. The third kappa shape index (κ3) is 3.82. The second kappa shape index (κ2) is 7.30. The Morgan fingerprint density at radius 3 is 2.38 bits per heavy atom. The lowest BCUT2D eigenvalue weighted by molar-refractivity contribution is -0.136. The average Bonchev–Trinajstić information content (AvgIpc) is 2.56. The fraction of sp³-hybridized carbons (Fsp3) is 0.300. The Labute approximate surface area is 141 Å². The van der Waals surface area contributed by atoms with Crippen molar-refractivity contribution in [3.8, 4) is 0 Å². The summed E-state index contributed by atoms with van der Waals surface area (Å²) in [6.45, 7) is 0. The lowest BCUT2D eigenvalue weighted by atomic mass is 9.76. The zero-order valence-corrected chi connectivity index (χ0v) is 13.4. The van der Waals surface area contributed by atoms with Crippen LogP contribution in [0.1, 0.15) is 46.7 Å². The number of benzene rings is 2. The van der Waals surface area contributed by atoms with E-state index >= 15 is 0 Å². The highest BCUT2D eigenvalue weighted by Gasteiger charge is 2.31. The molecule has 2 aromatic rings. The van der Waals surface area contributed by atoms with E-state index in [0.717, 1.165) is 18.4 Å². The molecule has 0 aromatic heterocycles. The summed E-state index contributed by atoms with van der Waals surface area (Å²) >= 11 is 0. The number of aliphatic carboxylic acids is 1. The van der Waals surface area contributed by atoms with Gasteiger partial charge in [0, 0.05) is 18.0 Å². The van der Waals surface area contributed by atoms with Gasteiger partial charge in [0.2, 0.25) is 0 Å². The molecule has 1 saturated carbocycles. The highest BCUT2D eigenvalue weighted by molar-refractivity contribution is 5.96. The lowest BCUT2D eigenvalue weighted by Crippen LogP contribution is -2.43. The van der Waals surface area contributed by atoms with E-state index in [4.69, 9.17) is 5.11 Å². The molecule has 2 aromatic carbocycles. The number of carboxylic acids is 1. The Bertz CT molecular complexity index is 721. The second-order valence-electron chi connectivity index (χ2n) is 6.30. The molecule has 0 spiro atoms. The Hall–Kier alpha value is -2.62. The molecule has 1 aliphatic rings. The van der Waals surface area contributed by atoms with Crippen LogP contribution in [0, 0.1) is 0 Å². The Balaban J connectivity index is 1.58. The van der Waals surface area contributed by atoms with Crippen molar-refractivity contribution in [1.29, 1.82) is 0 Å². The van der Waals surface area contributed by atoms with Gasteiger partial charge in [0.25, 0.3) is 5.91 Å². The Kier molecular flexibility index (Phi) is 4.94. The number of carbonyl (C=O) groups excluding carboxylic acids is 1. The maximum absolute atomic E-state index is 12.5. The summed E-state index contributed by atoms with van der Waals surface area (Å²) < 4.78 is 0. The smallest absolute Gasteiger partial charge is 0.303 e. The van der Waals surface area contributed by atoms with Gasteiger partial charge in [-0.25, -0.2) is 0 Å². The van der Waals surface area contributed by atoms with Crippen molar-refractivity contribution in [2.45, 2.75) is 37.6 Å². The van der Waals surface area contributed by atoms with Gasteiger partial charge in [-0.1, -0.05) is 48.5 Å². The molecule has 0 unspecified atom stereocenters. The van der Waals surface area contributed by atoms with Gasteiger partial charge in [-0.15, -0.1) is 0 Å². The molecule has 0 atom stereocenters. The molecule has 1 fully saturated rings. The molecule has 0 radical (unpaired) electrons. The van der Waals surface area contributed by atoms with Crippen LogP contribution in [0.25, 0.3) is 0 Å². The third-order valence-electron chi connectivity index (χ3n) is 4.61. The molecule has 2 N–H and O–H groups in total. The fourth-order valence-electron chi connectivity index (χ4n) is 3.20. The standard InChI is InChI=1S/C20H21NO3/c22-19(23)11-10-15-8-4-5-9-18(15)20(24)21-17-12-16(13-17)14-6-2-1-3-7-14/h1-9,16-17H,10-13H2,(H,21,24)(H,22,23). The van der Waals surface area contributed by atoms with Crippen LogP contribution in [0.3, 0.4) is 0 Å². The zero-order chi connectivity index (χ0) is 16.9. The van der Waals surface area contributed by atoms with Crippen molar-refractivity contribution in [2.24, 2.45) is 0 Å². The minimum absolute atomic E-state index is 0.0316. The normalized spacial score (nSPS) is 19.3. The van der Waals surface area contributed by atoms with Gasteiger partial charge in [0.15, 0.2) is 0 Å². The Morgan fingerprint density at radius 2 is 1.67 bits per heavy atom. The number of carboxylic acid groups (broad SMARTS) is 1. The lowest BCUT2D eigenvalue weighted by Gasteiger charge is -2.36. The number of rotatable bonds is 6. The van der Waals surface area contributed by atoms with Crippen LogP contribution in [0.2, 0.25) is 0 Å². The molecule has 0 aliphatic heterocycles. The molecule has 1 amide bonds. The number of aryl methyl sites for hydroxylation is 1. The van der Waals surface area contributed by atoms with Gasteiger partial charge in [0.05, 0.1) is 0 Å². The quantitative estimate of drug-likeness (QED) is 0.856. The van der Waals surface area contributed by atoms with E-state index in [-0.39, 0.29) is 18.4 Å². The molecule has 24 heavy (non-hydrogen) atoms. The molecule has 3 rings (SSSR count). The van der Waals surface area contributed by atoms with E-state index in [1.54, 1.807) is 6.07 Å². The predicted molar refractivity (Wildman–Crippen MR) is 92.1 cm³/mol. The van der Waals surface area contributed by atoms with Crippen LogP contribution < -0.4 is 5.32 Å². The van der Waals surface area contributed by atoms with E-state index in [9.17, 15) is 9.59 Å². The number of amides is 1. The first-order valence-corrected chi connectivity index (χ1v) is 8.29. The van der Waals surface area contributed by atoms with Crippen molar-refractivity contribution < 1.29 is 14.7 Å². The molecule has 0 saturated heterocycles. The molecular formula is C20H21NO3. The minimum Gasteiger partial charge on any atom is -0.481 e. The second-order valence-corrected chi connectivity index (χ2v) is 6.30. The molecule has 4 nitrogen and oxygen atoms in total. The largest absolute Gasteiger partial charge is 0.481 e. The SMILES string of the molecule is O=C(O)CCc1ccccc1C(=O)NC1CC(c2ccccc2)C1. The summed E-state index contributed by atoms with van der Waals surface area (Å²) in [4.78, 5) is 23.3. The topological polar surface area (TPSA) is 66.4 Å². The summed E-state index contributed by atoms with van der Waals surface area (Å²) in [6.07, 6.45) is 2.31. The van der Waals surface area contributed by atoms with Gasteiger partial charge >= 0.3 is 5.97 Å². The van der Waals surface area contributed by atoms with E-state index in [1.165, 1.54) is 5.56 Å². The number of hydrogen-bond acceptors (Lipinski definition) is 2. The van der Waals surface area contributed by atoms with Crippen LogP contribution in [0.4, 0.5) is 0 Å². The van der Waals surface area contributed by atoms with Gasteiger partial charge in [0.1, 0.15) is 0 Å². The third-order valence-corrected chi connectivity index (χ3v) is 4.61. The average molecular weight is 323 g/mol. The van der Waals surface area contributed by atoms with E-state index < -0.39 is 5.97 Å². The number of hydrogen-bond donors (Lipinski definition) is 2. The van der Waals surface area contributed by atoms with Gasteiger partial charge < -0.3 is 10.4 Å². The van der Waals surface area contributed by atoms with Crippen molar-refractivity contribution >= 4 is 11.9 Å². The summed E-state index contributed by atoms with van der Waals surface area (Å²) in [5.41, 5.74) is 2.70. The van der Waals surface area contributed by atoms with Crippen molar-refractivity contribution in [3.05, 3.63) is 71.3 Å². The van der Waals surface area contributed by atoms with Crippen LogP contribution in [-0.4, -0.2) is 23.0 Å². The maximum Gasteiger partial charge on any atom is 0.303 e. The van der Waals surface area contributed by atoms with Crippen LogP contribution >= 0.6 is 0 Å². The summed E-state index contributed by atoms with van der Waals surface area (Å²) in [5, 5.41) is 11.9. The molecule has 124 valence electrons. The molecular weight excluding hydrogens is 302 g/mol.